The average molecular weight is 342 g/mol. The molecule has 0 radical (unpaired) electrons. The zero-order chi connectivity index (χ0) is 11.7. The van der Waals surface area contributed by atoms with E-state index in [-0.39, 0.29) is 0 Å². The molecule has 1 N–H and O–H groups in total. The van der Waals surface area contributed by atoms with Gasteiger partial charge in [0.05, 0.1) is 0 Å². The largest absolute Gasteiger partial charge is 0.371 e. The van der Waals surface area contributed by atoms with E-state index in [0.29, 0.717) is 0 Å². The Hall–Kier alpha value is -0.290. The molecule has 2 fully saturated rings. The van der Waals surface area contributed by atoms with Gasteiger partial charge >= 0.3 is 0 Å². The molecule has 1 aliphatic carbocycles. The number of hydrogen-bond donors (Lipinski definition) is 1. The van der Waals surface area contributed by atoms with Gasteiger partial charge in [0.25, 0.3) is 0 Å². The fourth-order valence-corrected chi connectivity index (χ4v) is 2.87. The Morgan fingerprint density at radius 2 is 1.94 bits per heavy atom. The van der Waals surface area contributed by atoms with Crippen LogP contribution in [0.3, 0.4) is 0 Å². The molecular weight excluding hydrogens is 323 g/mol. The number of rotatable bonds is 4. The highest BCUT2D eigenvalue weighted by molar-refractivity contribution is 14.1. The van der Waals surface area contributed by atoms with Crippen molar-refractivity contribution in [3.05, 3.63) is 27.8 Å². The Morgan fingerprint density at radius 3 is 2.65 bits per heavy atom. The molecule has 1 heterocycles. The molecule has 1 atom stereocenters. The van der Waals surface area contributed by atoms with Crippen molar-refractivity contribution in [2.75, 3.05) is 24.5 Å². The van der Waals surface area contributed by atoms with Gasteiger partial charge < -0.3 is 10.2 Å². The van der Waals surface area contributed by atoms with Crippen molar-refractivity contribution in [1.82, 2.24) is 5.32 Å². The maximum atomic E-state index is 3.65. The van der Waals surface area contributed by atoms with E-state index >= 15 is 0 Å². The van der Waals surface area contributed by atoms with E-state index in [1.54, 1.807) is 0 Å². The van der Waals surface area contributed by atoms with Crippen molar-refractivity contribution in [2.45, 2.75) is 25.3 Å². The highest BCUT2D eigenvalue weighted by Gasteiger charge is 2.26. The second-order valence-corrected chi connectivity index (χ2v) is 6.51. The van der Waals surface area contributed by atoms with Gasteiger partial charge in [0.2, 0.25) is 0 Å². The molecule has 1 saturated heterocycles. The second-order valence-electron chi connectivity index (χ2n) is 5.26. The van der Waals surface area contributed by atoms with E-state index in [9.17, 15) is 0 Å². The van der Waals surface area contributed by atoms with Crippen LogP contribution in [0.5, 0.6) is 0 Å². The van der Waals surface area contributed by atoms with Crippen molar-refractivity contribution in [3.63, 3.8) is 0 Å². The van der Waals surface area contributed by atoms with E-state index in [4.69, 9.17) is 0 Å². The Labute approximate surface area is 117 Å². The first kappa shape index (κ1) is 11.8. The molecule has 3 heteroatoms. The second kappa shape index (κ2) is 5.14. The summed E-state index contributed by atoms with van der Waals surface area (Å²) in [6.45, 7) is 3.66. The summed E-state index contributed by atoms with van der Waals surface area (Å²) >= 11 is 2.36. The summed E-state index contributed by atoms with van der Waals surface area (Å²) in [6, 6.07) is 9.75. The smallest absolute Gasteiger partial charge is 0.0367 e. The summed E-state index contributed by atoms with van der Waals surface area (Å²) in [6.07, 6.45) is 4.13. The summed E-state index contributed by atoms with van der Waals surface area (Å²) < 4.78 is 1.32. The quantitative estimate of drug-likeness (QED) is 0.847. The number of anilines is 1. The lowest BCUT2D eigenvalue weighted by Gasteiger charge is -2.19. The van der Waals surface area contributed by atoms with Crippen LogP contribution in [0.1, 0.15) is 19.3 Å². The lowest BCUT2D eigenvalue weighted by molar-refractivity contribution is 0.515. The van der Waals surface area contributed by atoms with Crippen molar-refractivity contribution < 1.29 is 0 Å². The first-order chi connectivity index (χ1) is 8.31. The first-order valence-electron chi connectivity index (χ1n) is 6.55. The van der Waals surface area contributed by atoms with Crippen LogP contribution in [0, 0.1) is 9.49 Å². The van der Waals surface area contributed by atoms with E-state index in [0.717, 1.165) is 12.0 Å². The van der Waals surface area contributed by atoms with Crippen LogP contribution in [-0.2, 0) is 0 Å². The maximum absolute atomic E-state index is 3.65. The minimum Gasteiger partial charge on any atom is -0.371 e. The highest BCUT2D eigenvalue weighted by atomic mass is 127. The van der Waals surface area contributed by atoms with Crippen molar-refractivity contribution in [3.8, 4) is 0 Å². The van der Waals surface area contributed by atoms with Crippen molar-refractivity contribution >= 4 is 28.3 Å². The van der Waals surface area contributed by atoms with E-state index in [1.807, 2.05) is 0 Å². The molecule has 1 aromatic carbocycles. The summed E-state index contributed by atoms with van der Waals surface area (Å²) in [5.41, 5.74) is 1.39. The molecule has 0 aromatic heterocycles. The Morgan fingerprint density at radius 1 is 1.18 bits per heavy atom. The van der Waals surface area contributed by atoms with Gasteiger partial charge in [-0.3, -0.25) is 0 Å². The minimum absolute atomic E-state index is 0.842. The summed E-state index contributed by atoms with van der Waals surface area (Å²) in [5.74, 6) is 0.842. The fraction of sp³-hybridized carbons (Fsp3) is 0.571. The third kappa shape index (κ3) is 3.13. The zero-order valence-electron chi connectivity index (χ0n) is 10.0. The SMILES string of the molecule is Ic1ccc(N2CCC(CNC3CC3)C2)cc1. The van der Waals surface area contributed by atoms with Crippen molar-refractivity contribution in [1.29, 1.82) is 0 Å². The standard InChI is InChI=1S/C14H19IN2/c15-12-1-5-14(6-2-12)17-8-7-11(10-17)9-16-13-3-4-13/h1-2,5-6,11,13,16H,3-4,7-10H2. The Balaban J connectivity index is 1.53. The lowest BCUT2D eigenvalue weighted by atomic mass is 10.1. The van der Waals surface area contributed by atoms with Gasteiger partial charge in [0.15, 0.2) is 0 Å². The third-order valence-electron chi connectivity index (χ3n) is 3.75. The number of nitrogens with one attached hydrogen (secondary N) is 1. The van der Waals surface area contributed by atoms with Gasteiger partial charge in [-0.25, -0.2) is 0 Å². The fourth-order valence-electron chi connectivity index (χ4n) is 2.51. The summed E-state index contributed by atoms with van der Waals surface area (Å²) in [4.78, 5) is 2.52. The molecule has 1 unspecified atom stereocenters. The number of halogens is 1. The highest BCUT2D eigenvalue weighted by Crippen LogP contribution is 2.25. The van der Waals surface area contributed by atoms with Crippen LogP contribution < -0.4 is 10.2 Å². The zero-order valence-corrected chi connectivity index (χ0v) is 12.2. The molecule has 0 bridgehead atoms. The molecule has 1 aromatic rings. The maximum Gasteiger partial charge on any atom is 0.0367 e. The summed E-state index contributed by atoms with van der Waals surface area (Å²) in [5, 5.41) is 3.65. The number of benzene rings is 1. The average Bonchev–Trinajstić information content (AvgIpc) is 3.06. The lowest BCUT2D eigenvalue weighted by Crippen LogP contribution is -2.27. The van der Waals surface area contributed by atoms with Gasteiger partial charge in [-0.2, -0.15) is 0 Å². The third-order valence-corrected chi connectivity index (χ3v) is 4.47. The van der Waals surface area contributed by atoms with Crippen LogP contribution in [0.4, 0.5) is 5.69 Å². The van der Waals surface area contributed by atoms with Gasteiger partial charge in [0, 0.05) is 28.4 Å². The number of hydrogen-bond acceptors (Lipinski definition) is 2. The van der Waals surface area contributed by atoms with Gasteiger partial charge in [-0.15, -0.1) is 0 Å². The molecule has 0 spiro atoms. The predicted octanol–water partition coefficient (Wildman–Crippen LogP) is 2.87. The van der Waals surface area contributed by atoms with Crippen LogP contribution in [0.25, 0.3) is 0 Å². The molecule has 1 aliphatic heterocycles. The minimum atomic E-state index is 0.842. The van der Waals surface area contributed by atoms with Gasteiger partial charge in [-0.1, -0.05) is 0 Å². The molecule has 2 nitrogen and oxygen atoms in total. The predicted molar refractivity (Wildman–Crippen MR) is 80.5 cm³/mol. The van der Waals surface area contributed by atoms with Gasteiger partial charge in [-0.05, 0) is 78.6 Å². The van der Waals surface area contributed by atoms with E-state index < -0.39 is 0 Å². The Bertz CT molecular complexity index is 372. The normalized spacial score (nSPS) is 24.3. The van der Waals surface area contributed by atoms with Crippen LogP contribution >= 0.6 is 22.6 Å². The van der Waals surface area contributed by atoms with Gasteiger partial charge in [0.1, 0.15) is 0 Å². The molecule has 0 amide bonds. The summed E-state index contributed by atoms with van der Waals surface area (Å²) in [7, 11) is 0. The van der Waals surface area contributed by atoms with Crippen LogP contribution in [0.15, 0.2) is 24.3 Å². The van der Waals surface area contributed by atoms with E-state index in [2.05, 4.69) is 57.1 Å². The topological polar surface area (TPSA) is 15.3 Å². The molecule has 1 saturated carbocycles. The molecule has 17 heavy (non-hydrogen) atoms. The Kier molecular flexibility index (Phi) is 3.56. The number of nitrogens with zero attached hydrogens (tertiary/aromatic N) is 1. The molecule has 3 rings (SSSR count). The van der Waals surface area contributed by atoms with E-state index in [1.165, 1.54) is 48.2 Å². The molecular formula is C14H19IN2. The monoisotopic (exact) mass is 342 g/mol. The molecule has 92 valence electrons. The first-order valence-corrected chi connectivity index (χ1v) is 7.63. The van der Waals surface area contributed by atoms with Crippen molar-refractivity contribution in [2.24, 2.45) is 5.92 Å². The molecule has 2 aliphatic rings. The van der Waals surface area contributed by atoms with Crippen LogP contribution in [-0.4, -0.2) is 25.7 Å². The van der Waals surface area contributed by atoms with Crippen LogP contribution in [0.2, 0.25) is 0 Å².